The Morgan fingerprint density at radius 3 is 1.00 bits per heavy atom. The molecule has 0 aliphatic rings. The fraction of sp³-hybridized carbons (Fsp3) is 0.400. The molecule has 3 rings (SSSR count). The van der Waals surface area contributed by atoms with Crippen LogP contribution >= 0.6 is 0 Å². The molecule has 0 amide bonds. The molecule has 0 saturated heterocycles. The highest BCUT2D eigenvalue weighted by Crippen LogP contribution is 2.34. The van der Waals surface area contributed by atoms with Gasteiger partial charge in [-0.1, -0.05) is 93.5 Å². The first-order valence-electron chi connectivity index (χ1n) is 12.4. The molecule has 0 atom stereocenters. The maximum atomic E-state index is 2.51. The summed E-state index contributed by atoms with van der Waals surface area (Å²) in [5.74, 6) is 0. The lowest BCUT2D eigenvalue weighted by atomic mass is 10.1. The van der Waals surface area contributed by atoms with E-state index in [2.05, 4.69) is 117 Å². The highest BCUT2D eigenvalue weighted by Gasteiger charge is 2.57. The highest BCUT2D eigenvalue weighted by molar-refractivity contribution is 7.56. The smallest absolute Gasteiger partial charge is 0.0679 e. The standard InChI is InChI=1S/C30H42Si2/c1-10-31(11-2,12-3)32(28-19-13-16-22(4)25(28)7,29-20-14-17-23(5)26(29)8)30-21-15-18-24(6)27(30)9/h13-21H,10-12H2,1-9H3. The second-order valence-corrected chi connectivity index (χ2v) is 23.1. The highest BCUT2D eigenvalue weighted by atomic mass is 29.3. The van der Waals surface area contributed by atoms with E-state index in [9.17, 15) is 0 Å². The van der Waals surface area contributed by atoms with Crippen LogP contribution in [0, 0.1) is 41.5 Å². The molecule has 0 aliphatic heterocycles. The molecule has 0 fully saturated rings. The van der Waals surface area contributed by atoms with Crippen LogP contribution in [0.1, 0.15) is 54.2 Å². The van der Waals surface area contributed by atoms with Gasteiger partial charge in [0.2, 0.25) is 0 Å². The molecule has 3 aromatic rings. The van der Waals surface area contributed by atoms with Crippen molar-refractivity contribution in [2.45, 2.75) is 80.4 Å². The van der Waals surface area contributed by atoms with E-state index in [4.69, 9.17) is 0 Å². The van der Waals surface area contributed by atoms with Gasteiger partial charge in [-0.3, -0.25) is 0 Å². The van der Waals surface area contributed by atoms with Gasteiger partial charge >= 0.3 is 0 Å². The fourth-order valence-electron chi connectivity index (χ4n) is 6.31. The Morgan fingerprint density at radius 2 is 0.750 bits per heavy atom. The fourth-order valence-corrected chi connectivity index (χ4v) is 27.7. The van der Waals surface area contributed by atoms with Gasteiger partial charge in [0.05, 0.1) is 7.59 Å². The summed E-state index contributed by atoms with van der Waals surface area (Å²) < 4.78 is 0. The summed E-state index contributed by atoms with van der Waals surface area (Å²) >= 11 is 0. The van der Waals surface area contributed by atoms with Crippen molar-refractivity contribution in [1.29, 1.82) is 0 Å². The normalized spacial score (nSPS) is 12.3. The molecule has 0 N–H and O–H groups in total. The molecular weight excluding hydrogens is 417 g/mol. The molecule has 170 valence electrons. The van der Waals surface area contributed by atoms with Crippen molar-refractivity contribution in [1.82, 2.24) is 0 Å². The van der Waals surface area contributed by atoms with Crippen molar-refractivity contribution >= 4 is 30.7 Å². The van der Waals surface area contributed by atoms with E-state index in [-0.39, 0.29) is 0 Å². The zero-order chi connectivity index (χ0) is 23.7. The summed E-state index contributed by atoms with van der Waals surface area (Å²) in [6.07, 6.45) is 0. The quantitative estimate of drug-likeness (QED) is 0.276. The topological polar surface area (TPSA) is 0 Å². The van der Waals surface area contributed by atoms with Crippen LogP contribution in [0.15, 0.2) is 54.6 Å². The molecule has 0 heterocycles. The Bertz CT molecular complexity index is 972. The van der Waals surface area contributed by atoms with Gasteiger partial charge in [-0.2, -0.15) is 0 Å². The van der Waals surface area contributed by atoms with E-state index in [0.29, 0.717) is 0 Å². The van der Waals surface area contributed by atoms with Gasteiger partial charge < -0.3 is 0 Å². The van der Waals surface area contributed by atoms with Crippen LogP contribution in [0.3, 0.4) is 0 Å². The largest absolute Gasteiger partial charge is 0.140 e. The van der Waals surface area contributed by atoms with Crippen LogP contribution in [-0.2, 0) is 0 Å². The second-order valence-electron chi connectivity index (χ2n) is 9.83. The van der Waals surface area contributed by atoms with Crippen LogP contribution in [0.25, 0.3) is 0 Å². The Balaban J connectivity index is 2.72. The monoisotopic (exact) mass is 458 g/mol. The average molecular weight is 459 g/mol. The van der Waals surface area contributed by atoms with Crippen LogP contribution in [0.4, 0.5) is 0 Å². The maximum Gasteiger partial charge on any atom is 0.140 e. The first kappa shape index (κ1) is 24.7. The number of hydrogen-bond donors (Lipinski definition) is 0. The van der Waals surface area contributed by atoms with Gasteiger partial charge in [-0.15, -0.1) is 0 Å². The zero-order valence-electron chi connectivity index (χ0n) is 21.8. The summed E-state index contributed by atoms with van der Waals surface area (Å²) in [7, 11) is -4.04. The predicted octanol–water partition coefficient (Wildman–Crippen LogP) is 6.59. The zero-order valence-corrected chi connectivity index (χ0v) is 23.8. The Labute approximate surface area is 198 Å². The Morgan fingerprint density at radius 1 is 0.469 bits per heavy atom. The molecule has 0 unspecified atom stereocenters. The van der Waals surface area contributed by atoms with Crippen LogP contribution in [0.5, 0.6) is 0 Å². The van der Waals surface area contributed by atoms with Crippen molar-refractivity contribution < 1.29 is 0 Å². The van der Waals surface area contributed by atoms with Crippen molar-refractivity contribution in [2.24, 2.45) is 0 Å². The number of benzene rings is 3. The predicted molar refractivity (Wildman–Crippen MR) is 150 cm³/mol. The minimum Gasteiger partial charge on any atom is -0.0679 e. The van der Waals surface area contributed by atoms with Gasteiger partial charge in [-0.05, 0) is 90.5 Å². The molecule has 3 aromatic carbocycles. The first-order chi connectivity index (χ1) is 15.2. The van der Waals surface area contributed by atoms with Crippen molar-refractivity contribution in [3.63, 3.8) is 0 Å². The summed E-state index contributed by atoms with van der Waals surface area (Å²) in [5.41, 5.74) is 8.86. The Hall–Kier alpha value is -1.91. The third-order valence-corrected chi connectivity index (χ3v) is 28.9. The lowest BCUT2D eigenvalue weighted by Crippen LogP contribution is -2.83. The molecule has 0 saturated carbocycles. The average Bonchev–Trinajstić information content (AvgIpc) is 2.79. The van der Waals surface area contributed by atoms with Crippen LogP contribution < -0.4 is 15.6 Å². The number of hydrogen-bond acceptors (Lipinski definition) is 0. The summed E-state index contributed by atoms with van der Waals surface area (Å²) in [6.45, 7) is 21.6. The van der Waals surface area contributed by atoms with Gasteiger partial charge in [-0.25, -0.2) is 0 Å². The molecule has 0 aliphatic carbocycles. The lowest BCUT2D eigenvalue weighted by Gasteiger charge is -2.51. The van der Waals surface area contributed by atoms with E-state index in [1.807, 2.05) is 0 Å². The minimum absolute atomic E-state index is 1.33. The molecule has 0 nitrogen and oxygen atoms in total. The third kappa shape index (κ3) is 3.56. The van der Waals surface area contributed by atoms with Crippen LogP contribution in [-0.4, -0.2) is 15.2 Å². The summed E-state index contributed by atoms with van der Waals surface area (Å²) in [6, 6.07) is 25.4. The van der Waals surface area contributed by atoms with Crippen molar-refractivity contribution in [3.05, 3.63) is 88.0 Å². The first-order valence-corrected chi connectivity index (χ1v) is 18.0. The molecule has 2 heteroatoms. The van der Waals surface area contributed by atoms with Gasteiger partial charge in [0.15, 0.2) is 0 Å². The molecule has 0 radical (unpaired) electrons. The van der Waals surface area contributed by atoms with Gasteiger partial charge in [0.1, 0.15) is 7.59 Å². The number of rotatable bonds is 7. The molecule has 0 spiro atoms. The van der Waals surface area contributed by atoms with Gasteiger partial charge in [0.25, 0.3) is 0 Å². The number of aryl methyl sites for hydroxylation is 3. The summed E-state index contributed by atoms with van der Waals surface area (Å²) in [5, 5.41) is 5.03. The Kier molecular flexibility index (Phi) is 7.36. The second kappa shape index (κ2) is 9.53. The SMILES string of the molecule is CC[Si](CC)(CC)[Si](c1cccc(C)c1C)(c1cccc(C)c1C)c1cccc(C)c1C. The third-order valence-electron chi connectivity index (χ3n) is 8.85. The van der Waals surface area contributed by atoms with E-state index >= 15 is 0 Å². The van der Waals surface area contributed by atoms with Crippen LogP contribution in [0.2, 0.25) is 18.1 Å². The van der Waals surface area contributed by atoms with Crippen molar-refractivity contribution in [2.75, 3.05) is 0 Å². The van der Waals surface area contributed by atoms with Gasteiger partial charge in [0, 0.05) is 0 Å². The minimum atomic E-state index is -2.29. The lowest BCUT2D eigenvalue weighted by molar-refractivity contribution is 1.21. The maximum absolute atomic E-state index is 2.51. The van der Waals surface area contributed by atoms with Crippen molar-refractivity contribution in [3.8, 4) is 0 Å². The molecule has 0 aromatic heterocycles. The van der Waals surface area contributed by atoms with E-state index < -0.39 is 15.2 Å². The molecule has 0 bridgehead atoms. The van der Waals surface area contributed by atoms with E-state index in [0.717, 1.165) is 0 Å². The summed E-state index contributed by atoms with van der Waals surface area (Å²) in [4.78, 5) is 0. The molecular formula is C30H42Si2. The van der Waals surface area contributed by atoms with E-state index in [1.165, 1.54) is 51.5 Å². The molecule has 32 heavy (non-hydrogen) atoms. The van der Waals surface area contributed by atoms with E-state index in [1.54, 1.807) is 15.6 Å².